The van der Waals surface area contributed by atoms with Crippen LogP contribution in [0.5, 0.6) is 0 Å². The quantitative estimate of drug-likeness (QED) is 0.616. The molecule has 0 saturated heterocycles. The predicted molar refractivity (Wildman–Crippen MR) is 109 cm³/mol. The van der Waals surface area contributed by atoms with Gasteiger partial charge in [0.25, 0.3) is 0 Å². The van der Waals surface area contributed by atoms with Gasteiger partial charge in [-0.3, -0.25) is 4.99 Å². The van der Waals surface area contributed by atoms with Gasteiger partial charge in [0.2, 0.25) is 0 Å². The average molecular weight is 349 g/mol. The number of H-pyrrole nitrogens is 1. The fraction of sp³-hybridized carbons (Fsp3) is 0.381. The Kier molecular flexibility index (Phi) is 5.66. The predicted octanol–water partition coefficient (Wildman–Crippen LogP) is 4.52. The molecule has 0 amide bonds. The minimum atomic E-state index is 0.494. The number of hydrogen-bond acceptors (Lipinski definition) is 4. The molecule has 26 heavy (non-hydrogen) atoms. The van der Waals surface area contributed by atoms with Crippen LogP contribution in [0.25, 0.3) is 11.0 Å². The summed E-state index contributed by atoms with van der Waals surface area (Å²) in [5.41, 5.74) is 3.92. The van der Waals surface area contributed by atoms with Gasteiger partial charge in [0.1, 0.15) is 11.5 Å². The molecule has 0 aliphatic carbocycles. The molecule has 5 nitrogen and oxygen atoms in total. The maximum absolute atomic E-state index is 4.90. The Morgan fingerprint density at radius 2 is 1.96 bits per heavy atom. The van der Waals surface area contributed by atoms with E-state index < -0.39 is 0 Å². The van der Waals surface area contributed by atoms with Crippen LogP contribution < -0.4 is 5.32 Å². The Balaban J connectivity index is 1.95. The lowest BCUT2D eigenvalue weighted by Gasteiger charge is -2.11. The number of nitrogens with one attached hydrogen (secondary N) is 2. The zero-order valence-corrected chi connectivity index (χ0v) is 16.0. The molecular weight excluding hydrogens is 322 g/mol. The van der Waals surface area contributed by atoms with Crippen molar-refractivity contribution in [2.45, 2.75) is 27.7 Å². The van der Waals surface area contributed by atoms with Crippen molar-refractivity contribution in [3.63, 3.8) is 0 Å². The van der Waals surface area contributed by atoms with E-state index in [1.54, 1.807) is 6.20 Å². The first-order valence-electron chi connectivity index (χ1n) is 9.21. The van der Waals surface area contributed by atoms with E-state index >= 15 is 0 Å². The molecule has 0 aromatic carbocycles. The second-order valence-electron chi connectivity index (χ2n) is 7.39. The number of aliphatic imine (C=N–C) groups is 1. The third-order valence-electron chi connectivity index (χ3n) is 4.05. The van der Waals surface area contributed by atoms with Gasteiger partial charge in [-0.2, -0.15) is 0 Å². The van der Waals surface area contributed by atoms with Crippen molar-refractivity contribution in [1.82, 2.24) is 15.0 Å². The molecule has 0 unspecified atom stereocenters. The average Bonchev–Trinajstić information content (AvgIpc) is 3.05. The summed E-state index contributed by atoms with van der Waals surface area (Å²) in [6, 6.07) is 8.14. The smallest absolute Gasteiger partial charge is 0.137 e. The molecule has 5 heteroatoms. The lowest BCUT2D eigenvalue weighted by atomic mass is 10.0. The summed E-state index contributed by atoms with van der Waals surface area (Å²) in [5.74, 6) is 1.97. The van der Waals surface area contributed by atoms with E-state index in [0.29, 0.717) is 11.8 Å². The summed E-state index contributed by atoms with van der Waals surface area (Å²) in [4.78, 5) is 17.1. The molecule has 0 saturated carbocycles. The van der Waals surface area contributed by atoms with Gasteiger partial charge < -0.3 is 10.3 Å². The number of rotatable bonds is 7. The maximum Gasteiger partial charge on any atom is 0.137 e. The van der Waals surface area contributed by atoms with Gasteiger partial charge in [-0.15, -0.1) is 0 Å². The van der Waals surface area contributed by atoms with Gasteiger partial charge >= 0.3 is 0 Å². The van der Waals surface area contributed by atoms with Gasteiger partial charge in [-0.25, -0.2) is 9.97 Å². The van der Waals surface area contributed by atoms with Gasteiger partial charge in [0, 0.05) is 48.2 Å². The highest BCUT2D eigenvalue weighted by Gasteiger charge is 2.13. The van der Waals surface area contributed by atoms with Crippen LogP contribution in [-0.2, 0) is 0 Å². The fourth-order valence-electron chi connectivity index (χ4n) is 2.70. The van der Waals surface area contributed by atoms with Crippen LogP contribution in [0.3, 0.4) is 0 Å². The lowest BCUT2D eigenvalue weighted by molar-refractivity contribution is 0.666. The van der Waals surface area contributed by atoms with Gasteiger partial charge in [-0.1, -0.05) is 27.7 Å². The summed E-state index contributed by atoms with van der Waals surface area (Å²) in [6.45, 7) is 10.4. The molecule has 0 aliphatic rings. The molecule has 0 spiro atoms. The monoisotopic (exact) mass is 349 g/mol. The van der Waals surface area contributed by atoms with Crippen LogP contribution in [0.15, 0.2) is 47.8 Å². The highest BCUT2D eigenvalue weighted by atomic mass is 15.0. The molecule has 0 atom stereocenters. The third kappa shape index (κ3) is 4.28. The van der Waals surface area contributed by atoms with Crippen molar-refractivity contribution >= 4 is 22.6 Å². The second kappa shape index (κ2) is 8.13. The van der Waals surface area contributed by atoms with Crippen LogP contribution in [-0.4, -0.2) is 33.8 Å². The van der Waals surface area contributed by atoms with E-state index in [4.69, 9.17) is 4.99 Å². The molecule has 0 radical (unpaired) electrons. The topological polar surface area (TPSA) is 66.0 Å². The van der Waals surface area contributed by atoms with E-state index in [2.05, 4.69) is 60.1 Å². The fourth-order valence-corrected chi connectivity index (χ4v) is 2.70. The van der Waals surface area contributed by atoms with Gasteiger partial charge in [-0.05, 0) is 36.1 Å². The van der Waals surface area contributed by atoms with E-state index in [9.17, 15) is 0 Å². The summed E-state index contributed by atoms with van der Waals surface area (Å²) >= 11 is 0. The SMILES string of the molecule is CC(C)C/N=C(\c1ccc(NCC(C)C)nc1)c1c[nH]c2ncccc12. The van der Waals surface area contributed by atoms with Gasteiger partial charge in [0.05, 0.1) is 5.71 Å². The molecule has 3 aromatic rings. The summed E-state index contributed by atoms with van der Waals surface area (Å²) < 4.78 is 0. The second-order valence-corrected chi connectivity index (χ2v) is 7.39. The van der Waals surface area contributed by atoms with Crippen molar-refractivity contribution in [3.8, 4) is 0 Å². The largest absolute Gasteiger partial charge is 0.370 e. The highest BCUT2D eigenvalue weighted by Crippen LogP contribution is 2.21. The Labute approximate surface area is 155 Å². The first-order valence-corrected chi connectivity index (χ1v) is 9.21. The number of anilines is 1. The van der Waals surface area contributed by atoms with Crippen LogP contribution in [0.4, 0.5) is 5.82 Å². The maximum atomic E-state index is 4.90. The van der Waals surface area contributed by atoms with Crippen LogP contribution in [0.1, 0.15) is 38.8 Å². The summed E-state index contributed by atoms with van der Waals surface area (Å²) in [5, 5.41) is 4.44. The van der Waals surface area contributed by atoms with Crippen molar-refractivity contribution in [1.29, 1.82) is 0 Å². The molecule has 0 aliphatic heterocycles. The molecule has 136 valence electrons. The van der Waals surface area contributed by atoms with Crippen molar-refractivity contribution in [3.05, 3.63) is 54.0 Å². The summed E-state index contributed by atoms with van der Waals surface area (Å²) in [6.07, 6.45) is 5.68. The van der Waals surface area contributed by atoms with E-state index in [-0.39, 0.29) is 0 Å². The Bertz CT molecular complexity index is 875. The first-order chi connectivity index (χ1) is 12.5. The number of fused-ring (bicyclic) bond motifs is 1. The number of pyridine rings is 2. The third-order valence-corrected chi connectivity index (χ3v) is 4.05. The van der Waals surface area contributed by atoms with Crippen LogP contribution in [0, 0.1) is 11.8 Å². The molecule has 3 rings (SSSR count). The van der Waals surface area contributed by atoms with Crippen molar-refractivity contribution in [2.75, 3.05) is 18.4 Å². The lowest BCUT2D eigenvalue weighted by Crippen LogP contribution is -2.10. The number of hydrogen-bond donors (Lipinski definition) is 2. The standard InChI is InChI=1S/C21H27N5/c1-14(2)10-23-19-8-7-16(12-24-19)20(25-11-15(3)4)18-13-26-21-17(18)6-5-9-22-21/h5-9,12-15H,10-11H2,1-4H3,(H,22,26)(H,23,24)/b25-20+. The van der Waals surface area contributed by atoms with E-state index in [1.165, 1.54) is 0 Å². The van der Waals surface area contributed by atoms with Crippen molar-refractivity contribution < 1.29 is 0 Å². The zero-order valence-electron chi connectivity index (χ0n) is 16.0. The number of aromatic amines is 1. The minimum absolute atomic E-state index is 0.494. The summed E-state index contributed by atoms with van der Waals surface area (Å²) in [7, 11) is 0. The highest BCUT2D eigenvalue weighted by molar-refractivity contribution is 6.19. The molecular formula is C21H27N5. The van der Waals surface area contributed by atoms with Crippen molar-refractivity contribution in [2.24, 2.45) is 16.8 Å². The van der Waals surface area contributed by atoms with Crippen LogP contribution >= 0.6 is 0 Å². The molecule has 3 aromatic heterocycles. The minimum Gasteiger partial charge on any atom is -0.370 e. The van der Waals surface area contributed by atoms with E-state index in [0.717, 1.165) is 46.8 Å². The van der Waals surface area contributed by atoms with E-state index in [1.807, 2.05) is 24.5 Å². The number of aromatic nitrogens is 3. The normalized spacial score (nSPS) is 12.3. The molecule has 0 fully saturated rings. The Hall–Kier alpha value is -2.69. The zero-order chi connectivity index (χ0) is 18.5. The molecule has 2 N–H and O–H groups in total. The van der Waals surface area contributed by atoms with Gasteiger partial charge in [0.15, 0.2) is 0 Å². The molecule has 0 bridgehead atoms. The Morgan fingerprint density at radius 1 is 1.12 bits per heavy atom. The molecule has 3 heterocycles. The van der Waals surface area contributed by atoms with Crippen LogP contribution in [0.2, 0.25) is 0 Å². The first kappa shape index (κ1) is 18.1. The number of nitrogens with zero attached hydrogens (tertiary/aromatic N) is 3. The Morgan fingerprint density at radius 3 is 2.65 bits per heavy atom.